The third-order valence-corrected chi connectivity index (χ3v) is 11.2. The van der Waals surface area contributed by atoms with E-state index in [1.807, 2.05) is 16.7 Å². The Morgan fingerprint density at radius 2 is 1.60 bits per heavy atom. The number of nitrogens with zero attached hydrogens (tertiary/aromatic N) is 4. The van der Waals surface area contributed by atoms with Gasteiger partial charge in [0.25, 0.3) is 8.32 Å². The SMILES string of the molecule is CC(C)(C)[Si](OC[C@@H](CO)OCCn1cnc2c(N)ncnc21)(c1ccccc1)c1ccccc1. The first-order chi connectivity index (χ1) is 16.9. The lowest BCUT2D eigenvalue weighted by molar-refractivity contribution is -0.0183. The number of benzene rings is 2. The molecule has 0 radical (unpaired) electrons. The van der Waals surface area contributed by atoms with Gasteiger partial charge in [0.1, 0.15) is 17.9 Å². The van der Waals surface area contributed by atoms with Crippen molar-refractivity contribution < 1.29 is 14.3 Å². The fraction of sp³-hybridized carbons (Fsp3) is 0.346. The van der Waals surface area contributed by atoms with Crippen molar-refractivity contribution in [3.8, 4) is 0 Å². The lowest BCUT2D eigenvalue weighted by Crippen LogP contribution is -2.67. The van der Waals surface area contributed by atoms with Gasteiger partial charge in [-0.25, -0.2) is 15.0 Å². The maximum Gasteiger partial charge on any atom is 0.261 e. The minimum Gasteiger partial charge on any atom is -0.405 e. The van der Waals surface area contributed by atoms with Crippen molar-refractivity contribution in [2.45, 2.75) is 38.5 Å². The molecular formula is C26H33N5O3Si. The maximum absolute atomic E-state index is 10.1. The van der Waals surface area contributed by atoms with Gasteiger partial charge in [0.15, 0.2) is 11.5 Å². The van der Waals surface area contributed by atoms with Crippen molar-refractivity contribution in [2.75, 3.05) is 25.6 Å². The second kappa shape index (κ2) is 10.7. The number of nitrogen functional groups attached to an aromatic ring is 1. The summed E-state index contributed by atoms with van der Waals surface area (Å²) in [6, 6.07) is 20.9. The van der Waals surface area contributed by atoms with Crippen LogP contribution in [0, 0.1) is 0 Å². The Morgan fingerprint density at radius 1 is 0.971 bits per heavy atom. The molecule has 0 aliphatic carbocycles. The molecule has 1 atom stereocenters. The smallest absolute Gasteiger partial charge is 0.261 e. The quantitative estimate of drug-likeness (QED) is 0.328. The number of hydrogen-bond acceptors (Lipinski definition) is 7. The van der Waals surface area contributed by atoms with Gasteiger partial charge in [-0.1, -0.05) is 81.4 Å². The molecule has 0 aliphatic heterocycles. The molecular weight excluding hydrogens is 458 g/mol. The summed E-state index contributed by atoms with van der Waals surface area (Å²) in [4.78, 5) is 12.5. The van der Waals surface area contributed by atoms with Crippen LogP contribution in [0.2, 0.25) is 5.04 Å². The molecule has 0 unspecified atom stereocenters. The van der Waals surface area contributed by atoms with Crippen LogP contribution < -0.4 is 16.1 Å². The Kier molecular flexibility index (Phi) is 7.61. The van der Waals surface area contributed by atoms with E-state index in [2.05, 4.69) is 84.3 Å². The largest absolute Gasteiger partial charge is 0.405 e. The summed E-state index contributed by atoms with van der Waals surface area (Å²) in [6.07, 6.45) is 2.63. The molecule has 0 saturated heterocycles. The molecule has 0 aliphatic rings. The van der Waals surface area contributed by atoms with E-state index in [1.54, 1.807) is 6.33 Å². The first-order valence-electron chi connectivity index (χ1n) is 11.8. The van der Waals surface area contributed by atoms with E-state index < -0.39 is 14.4 Å². The van der Waals surface area contributed by atoms with Gasteiger partial charge in [-0.3, -0.25) is 0 Å². The number of aliphatic hydroxyl groups is 1. The maximum atomic E-state index is 10.1. The van der Waals surface area contributed by atoms with Crippen molar-refractivity contribution in [3.63, 3.8) is 0 Å². The van der Waals surface area contributed by atoms with E-state index in [0.29, 0.717) is 30.1 Å². The van der Waals surface area contributed by atoms with Gasteiger partial charge in [0.05, 0.1) is 26.1 Å². The summed E-state index contributed by atoms with van der Waals surface area (Å²) < 4.78 is 14.8. The van der Waals surface area contributed by atoms with Crippen LogP contribution in [0.5, 0.6) is 0 Å². The molecule has 0 bridgehead atoms. The molecule has 0 spiro atoms. The molecule has 4 aromatic rings. The Labute approximate surface area is 206 Å². The van der Waals surface area contributed by atoms with Crippen LogP contribution in [0.3, 0.4) is 0 Å². The van der Waals surface area contributed by atoms with E-state index in [-0.39, 0.29) is 18.3 Å². The van der Waals surface area contributed by atoms with Crippen molar-refractivity contribution in [2.24, 2.45) is 0 Å². The van der Waals surface area contributed by atoms with Crippen LogP contribution in [0.4, 0.5) is 5.82 Å². The average molecular weight is 492 g/mol. The Bertz CT molecular complexity index is 1190. The molecule has 4 rings (SSSR count). The number of aromatic nitrogens is 4. The van der Waals surface area contributed by atoms with Gasteiger partial charge in [-0.2, -0.15) is 0 Å². The van der Waals surface area contributed by atoms with E-state index in [4.69, 9.17) is 14.9 Å². The van der Waals surface area contributed by atoms with Gasteiger partial charge in [0.2, 0.25) is 0 Å². The number of hydrogen-bond donors (Lipinski definition) is 2. The Morgan fingerprint density at radius 3 is 2.17 bits per heavy atom. The predicted octanol–water partition coefficient (Wildman–Crippen LogP) is 2.36. The summed E-state index contributed by atoms with van der Waals surface area (Å²) in [5.41, 5.74) is 7.10. The predicted molar refractivity (Wildman–Crippen MR) is 140 cm³/mol. The van der Waals surface area contributed by atoms with Gasteiger partial charge >= 0.3 is 0 Å². The zero-order chi connectivity index (χ0) is 24.9. The first kappa shape index (κ1) is 25.0. The Hall–Kier alpha value is -3.11. The van der Waals surface area contributed by atoms with Crippen LogP contribution in [0.1, 0.15) is 20.8 Å². The number of rotatable bonds is 10. The molecule has 35 heavy (non-hydrogen) atoms. The van der Waals surface area contributed by atoms with E-state index in [0.717, 1.165) is 0 Å². The highest BCUT2D eigenvalue weighted by atomic mass is 28.4. The number of aliphatic hydroxyl groups excluding tert-OH is 1. The number of imidazole rings is 1. The summed E-state index contributed by atoms with van der Waals surface area (Å²) in [7, 11) is -2.70. The van der Waals surface area contributed by atoms with E-state index in [9.17, 15) is 5.11 Å². The molecule has 2 heterocycles. The molecule has 0 saturated carbocycles. The number of nitrogens with two attached hydrogens (primary N) is 1. The number of anilines is 1. The van der Waals surface area contributed by atoms with Gasteiger partial charge in [0, 0.05) is 6.54 Å². The van der Waals surface area contributed by atoms with E-state index >= 15 is 0 Å². The van der Waals surface area contributed by atoms with Gasteiger partial charge in [-0.05, 0) is 15.4 Å². The van der Waals surface area contributed by atoms with Crippen molar-refractivity contribution >= 4 is 35.7 Å². The molecule has 0 fully saturated rings. The lowest BCUT2D eigenvalue weighted by Gasteiger charge is -2.43. The van der Waals surface area contributed by atoms with Gasteiger partial charge < -0.3 is 24.6 Å². The van der Waals surface area contributed by atoms with E-state index in [1.165, 1.54) is 16.7 Å². The van der Waals surface area contributed by atoms with Crippen LogP contribution in [0.15, 0.2) is 73.3 Å². The molecule has 9 heteroatoms. The second-order valence-corrected chi connectivity index (χ2v) is 13.8. The number of ether oxygens (including phenoxy) is 1. The molecule has 0 amide bonds. The topological polar surface area (TPSA) is 108 Å². The van der Waals surface area contributed by atoms with Crippen LogP contribution in [-0.2, 0) is 15.7 Å². The molecule has 8 nitrogen and oxygen atoms in total. The highest BCUT2D eigenvalue weighted by molar-refractivity contribution is 6.99. The normalized spacial score (nSPS) is 13.3. The van der Waals surface area contributed by atoms with Crippen LogP contribution in [0.25, 0.3) is 11.2 Å². The fourth-order valence-electron chi connectivity index (χ4n) is 4.51. The zero-order valence-corrected chi connectivity index (χ0v) is 21.5. The average Bonchev–Trinajstić information content (AvgIpc) is 3.28. The zero-order valence-electron chi connectivity index (χ0n) is 20.5. The van der Waals surface area contributed by atoms with Gasteiger partial charge in [-0.15, -0.1) is 0 Å². The second-order valence-electron chi connectivity index (χ2n) is 9.52. The fourth-order valence-corrected chi connectivity index (χ4v) is 9.10. The van der Waals surface area contributed by atoms with Crippen LogP contribution >= 0.6 is 0 Å². The third-order valence-electron chi connectivity index (χ3n) is 6.22. The highest BCUT2D eigenvalue weighted by Gasteiger charge is 2.50. The summed E-state index contributed by atoms with van der Waals surface area (Å²) in [5.74, 6) is 0.349. The molecule has 2 aromatic carbocycles. The third kappa shape index (κ3) is 5.13. The summed E-state index contributed by atoms with van der Waals surface area (Å²) in [5, 5.41) is 12.3. The molecule has 184 valence electrons. The number of fused-ring (bicyclic) bond motifs is 1. The van der Waals surface area contributed by atoms with Crippen LogP contribution in [-0.4, -0.2) is 58.9 Å². The highest BCUT2D eigenvalue weighted by Crippen LogP contribution is 2.36. The standard InChI is InChI=1S/C26H33N5O3Si/c1-26(2,3)35(21-10-6-4-7-11-21,22-12-8-5-9-13-22)34-17-20(16-32)33-15-14-31-19-30-23-24(27)28-18-29-25(23)31/h4-13,18-20,32H,14-17H2,1-3H3,(H2,27,28,29)/t20-/m1/s1. The monoisotopic (exact) mass is 491 g/mol. The lowest BCUT2D eigenvalue weighted by atomic mass is 10.2. The van der Waals surface area contributed by atoms with Crippen molar-refractivity contribution in [1.29, 1.82) is 0 Å². The summed E-state index contributed by atoms with van der Waals surface area (Å²) in [6.45, 7) is 7.71. The minimum atomic E-state index is -2.70. The molecule has 3 N–H and O–H groups in total. The minimum absolute atomic E-state index is 0.141. The molecule has 2 aromatic heterocycles. The Balaban J connectivity index is 1.51. The van der Waals surface area contributed by atoms with Crippen molar-refractivity contribution in [3.05, 3.63) is 73.3 Å². The summed E-state index contributed by atoms with van der Waals surface area (Å²) >= 11 is 0. The first-order valence-corrected chi connectivity index (χ1v) is 13.7. The van der Waals surface area contributed by atoms with Crippen molar-refractivity contribution in [1.82, 2.24) is 19.5 Å².